The molecule has 14 heavy (non-hydrogen) atoms. The van der Waals surface area contributed by atoms with Crippen LogP contribution in [-0.4, -0.2) is 31.5 Å². The Morgan fingerprint density at radius 1 is 1.50 bits per heavy atom. The molecule has 84 valence electrons. The Balaban J connectivity index is 1.98. The van der Waals surface area contributed by atoms with Gasteiger partial charge in [-0.25, -0.2) is 0 Å². The van der Waals surface area contributed by atoms with Crippen molar-refractivity contribution in [3.05, 3.63) is 0 Å². The van der Waals surface area contributed by atoms with Crippen molar-refractivity contribution in [1.29, 1.82) is 0 Å². The Bertz CT molecular complexity index is 153. The van der Waals surface area contributed by atoms with Gasteiger partial charge >= 0.3 is 0 Å². The zero-order valence-electron chi connectivity index (χ0n) is 9.42. The van der Waals surface area contributed by atoms with Crippen LogP contribution in [0.4, 0.5) is 0 Å². The van der Waals surface area contributed by atoms with Gasteiger partial charge in [-0.1, -0.05) is 0 Å². The highest BCUT2D eigenvalue weighted by molar-refractivity contribution is 4.69. The molecule has 0 aromatic rings. The molecule has 1 saturated heterocycles. The normalized spacial score (nSPS) is 22.9. The van der Waals surface area contributed by atoms with E-state index in [1.807, 2.05) is 13.8 Å². The van der Waals surface area contributed by atoms with Gasteiger partial charge in [-0.05, 0) is 39.5 Å². The first-order valence-corrected chi connectivity index (χ1v) is 5.60. The van der Waals surface area contributed by atoms with Crippen molar-refractivity contribution < 1.29 is 9.47 Å². The summed E-state index contributed by atoms with van der Waals surface area (Å²) in [5.41, 5.74) is 5.39. The minimum absolute atomic E-state index is 0.170. The molecule has 0 saturated carbocycles. The number of ether oxygens (including phenoxy) is 2. The first-order chi connectivity index (χ1) is 6.64. The Kier molecular flexibility index (Phi) is 4.85. The van der Waals surface area contributed by atoms with Crippen LogP contribution in [0.25, 0.3) is 0 Å². The Morgan fingerprint density at radius 3 is 2.86 bits per heavy atom. The van der Waals surface area contributed by atoms with E-state index < -0.39 is 0 Å². The molecule has 2 N–H and O–H groups in total. The molecule has 0 amide bonds. The van der Waals surface area contributed by atoms with E-state index in [-0.39, 0.29) is 5.60 Å². The maximum atomic E-state index is 5.66. The summed E-state index contributed by atoms with van der Waals surface area (Å²) in [5, 5.41) is 0. The molecule has 0 bridgehead atoms. The summed E-state index contributed by atoms with van der Waals surface area (Å²) in [6.45, 7) is 6.37. The van der Waals surface area contributed by atoms with Gasteiger partial charge in [0.05, 0.1) is 11.7 Å². The molecule has 0 aromatic carbocycles. The largest absolute Gasteiger partial charge is 0.378 e. The van der Waals surface area contributed by atoms with Gasteiger partial charge in [-0.3, -0.25) is 0 Å². The number of rotatable bonds is 6. The number of nitrogens with two attached hydrogens (primary N) is 1. The lowest BCUT2D eigenvalue weighted by Crippen LogP contribution is -2.34. The fourth-order valence-electron chi connectivity index (χ4n) is 1.59. The molecule has 3 heteroatoms. The van der Waals surface area contributed by atoms with Crippen molar-refractivity contribution in [2.24, 2.45) is 5.73 Å². The summed E-state index contributed by atoms with van der Waals surface area (Å²) in [5.74, 6) is 0. The van der Waals surface area contributed by atoms with Crippen LogP contribution in [0.1, 0.15) is 39.5 Å². The summed E-state index contributed by atoms with van der Waals surface area (Å²) < 4.78 is 11.2. The molecule has 0 aromatic heterocycles. The fraction of sp³-hybridized carbons (Fsp3) is 1.00. The molecule has 1 rings (SSSR count). The maximum Gasteiger partial charge on any atom is 0.0748 e. The van der Waals surface area contributed by atoms with Crippen molar-refractivity contribution in [2.45, 2.75) is 51.2 Å². The summed E-state index contributed by atoms with van der Waals surface area (Å²) in [4.78, 5) is 0. The summed E-state index contributed by atoms with van der Waals surface area (Å²) in [6, 6.07) is 0. The van der Waals surface area contributed by atoms with Crippen molar-refractivity contribution in [1.82, 2.24) is 0 Å². The van der Waals surface area contributed by atoms with Gasteiger partial charge in [0, 0.05) is 19.8 Å². The lowest BCUT2D eigenvalue weighted by molar-refractivity contribution is -0.0167. The fourth-order valence-corrected chi connectivity index (χ4v) is 1.59. The van der Waals surface area contributed by atoms with Crippen molar-refractivity contribution in [3.63, 3.8) is 0 Å². The first-order valence-electron chi connectivity index (χ1n) is 5.60. The van der Waals surface area contributed by atoms with Crippen LogP contribution in [-0.2, 0) is 9.47 Å². The van der Waals surface area contributed by atoms with E-state index in [0.29, 0.717) is 12.6 Å². The summed E-state index contributed by atoms with van der Waals surface area (Å²) in [6.07, 6.45) is 5.13. The van der Waals surface area contributed by atoms with Crippen molar-refractivity contribution in [3.8, 4) is 0 Å². The highest BCUT2D eigenvalue weighted by Gasteiger charge is 2.17. The maximum absolute atomic E-state index is 5.66. The predicted octanol–water partition coefficient (Wildman–Crippen LogP) is 1.70. The Hall–Kier alpha value is -0.120. The summed E-state index contributed by atoms with van der Waals surface area (Å²) in [7, 11) is 0. The zero-order chi connectivity index (χ0) is 10.4. The average Bonchev–Trinajstić information content (AvgIpc) is 2.65. The number of hydrogen-bond donors (Lipinski definition) is 1. The molecular weight excluding hydrogens is 178 g/mol. The zero-order valence-corrected chi connectivity index (χ0v) is 9.42. The molecule has 1 atom stereocenters. The van der Waals surface area contributed by atoms with E-state index >= 15 is 0 Å². The highest BCUT2D eigenvalue weighted by Crippen LogP contribution is 2.17. The highest BCUT2D eigenvalue weighted by atomic mass is 16.5. The van der Waals surface area contributed by atoms with Gasteiger partial charge in [0.25, 0.3) is 0 Å². The molecule has 3 nitrogen and oxygen atoms in total. The third-order valence-corrected chi connectivity index (χ3v) is 2.68. The van der Waals surface area contributed by atoms with Crippen molar-refractivity contribution in [2.75, 3.05) is 19.8 Å². The van der Waals surface area contributed by atoms with E-state index in [0.717, 1.165) is 26.1 Å². The predicted molar refractivity (Wildman–Crippen MR) is 57.3 cm³/mol. The Morgan fingerprint density at radius 2 is 2.29 bits per heavy atom. The minimum atomic E-state index is -0.170. The molecular formula is C11H23NO2. The summed E-state index contributed by atoms with van der Waals surface area (Å²) >= 11 is 0. The topological polar surface area (TPSA) is 44.5 Å². The van der Waals surface area contributed by atoms with E-state index in [4.69, 9.17) is 15.2 Å². The van der Waals surface area contributed by atoms with Crippen LogP contribution in [0.2, 0.25) is 0 Å². The van der Waals surface area contributed by atoms with Gasteiger partial charge in [0.1, 0.15) is 0 Å². The third-order valence-electron chi connectivity index (χ3n) is 2.68. The van der Waals surface area contributed by atoms with Crippen LogP contribution >= 0.6 is 0 Å². The van der Waals surface area contributed by atoms with Crippen LogP contribution in [0.15, 0.2) is 0 Å². The lowest BCUT2D eigenvalue weighted by Gasteiger charge is -2.23. The Labute approximate surface area is 86.9 Å². The molecule has 1 unspecified atom stereocenters. The lowest BCUT2D eigenvalue weighted by atomic mass is 10.1. The van der Waals surface area contributed by atoms with E-state index in [2.05, 4.69) is 0 Å². The molecule has 1 aliphatic heterocycles. The minimum Gasteiger partial charge on any atom is -0.378 e. The van der Waals surface area contributed by atoms with Crippen LogP contribution in [0, 0.1) is 0 Å². The number of hydrogen-bond acceptors (Lipinski definition) is 3. The second-order valence-electron chi connectivity index (χ2n) is 4.59. The molecule has 1 fully saturated rings. The quantitative estimate of drug-likeness (QED) is 0.665. The third kappa shape index (κ3) is 4.40. The van der Waals surface area contributed by atoms with Crippen molar-refractivity contribution >= 4 is 0 Å². The van der Waals surface area contributed by atoms with E-state index in [9.17, 15) is 0 Å². The second kappa shape index (κ2) is 5.69. The van der Waals surface area contributed by atoms with Gasteiger partial charge in [-0.15, -0.1) is 0 Å². The smallest absolute Gasteiger partial charge is 0.0748 e. The first kappa shape index (κ1) is 12.0. The standard InChI is InChI=1S/C11H23NO2/c1-11(2,9-12)14-8-4-6-10-5-3-7-13-10/h10H,3-9,12H2,1-2H3. The van der Waals surface area contributed by atoms with Gasteiger partial charge in [0.2, 0.25) is 0 Å². The van der Waals surface area contributed by atoms with E-state index in [1.165, 1.54) is 12.8 Å². The molecule has 0 radical (unpaired) electrons. The average molecular weight is 201 g/mol. The van der Waals surface area contributed by atoms with E-state index in [1.54, 1.807) is 0 Å². The van der Waals surface area contributed by atoms with Gasteiger partial charge < -0.3 is 15.2 Å². The second-order valence-corrected chi connectivity index (χ2v) is 4.59. The molecule has 1 aliphatic rings. The molecule has 1 heterocycles. The van der Waals surface area contributed by atoms with Gasteiger partial charge in [0.15, 0.2) is 0 Å². The van der Waals surface area contributed by atoms with Gasteiger partial charge in [-0.2, -0.15) is 0 Å². The SMILES string of the molecule is CC(C)(CN)OCCCC1CCCO1. The molecule has 0 spiro atoms. The molecule has 0 aliphatic carbocycles. The van der Waals surface area contributed by atoms with Crippen LogP contribution in [0.3, 0.4) is 0 Å². The monoisotopic (exact) mass is 201 g/mol. The van der Waals surface area contributed by atoms with Crippen LogP contribution < -0.4 is 5.73 Å². The van der Waals surface area contributed by atoms with Crippen LogP contribution in [0.5, 0.6) is 0 Å².